The van der Waals surface area contributed by atoms with Crippen LogP contribution in [-0.4, -0.2) is 16.1 Å². The molecule has 96 valence electrons. The SMILES string of the molecule is C=C(O)C1C2=C(CCC(C)(C)C2)SC1CCS. The van der Waals surface area contributed by atoms with E-state index in [0.29, 0.717) is 16.4 Å². The van der Waals surface area contributed by atoms with E-state index < -0.39 is 0 Å². The summed E-state index contributed by atoms with van der Waals surface area (Å²) in [6.07, 6.45) is 4.60. The van der Waals surface area contributed by atoms with Crippen LogP contribution in [0.25, 0.3) is 0 Å². The van der Waals surface area contributed by atoms with Gasteiger partial charge in [-0.15, -0.1) is 11.8 Å². The van der Waals surface area contributed by atoms with Gasteiger partial charge in [-0.25, -0.2) is 0 Å². The predicted molar refractivity (Wildman–Crippen MR) is 79.8 cm³/mol. The van der Waals surface area contributed by atoms with E-state index in [1.54, 1.807) is 0 Å². The number of hydrogen-bond donors (Lipinski definition) is 2. The summed E-state index contributed by atoms with van der Waals surface area (Å²) in [4.78, 5) is 1.52. The van der Waals surface area contributed by atoms with Crippen LogP contribution < -0.4 is 0 Å². The fraction of sp³-hybridized carbons (Fsp3) is 0.714. The molecule has 0 radical (unpaired) electrons. The Morgan fingerprint density at radius 2 is 2.29 bits per heavy atom. The molecule has 0 saturated carbocycles. The lowest BCUT2D eigenvalue weighted by Gasteiger charge is -2.32. The Labute approximate surface area is 114 Å². The quantitative estimate of drug-likeness (QED) is 0.578. The van der Waals surface area contributed by atoms with Crippen molar-refractivity contribution in [3.63, 3.8) is 0 Å². The van der Waals surface area contributed by atoms with Crippen molar-refractivity contribution in [1.29, 1.82) is 0 Å². The van der Waals surface area contributed by atoms with Gasteiger partial charge in [0.15, 0.2) is 0 Å². The summed E-state index contributed by atoms with van der Waals surface area (Å²) in [6.45, 7) is 8.44. The maximum atomic E-state index is 9.89. The summed E-state index contributed by atoms with van der Waals surface area (Å²) >= 11 is 6.30. The molecule has 2 aliphatic rings. The normalized spacial score (nSPS) is 31.5. The maximum absolute atomic E-state index is 9.89. The van der Waals surface area contributed by atoms with Gasteiger partial charge in [0.05, 0.1) is 5.76 Å². The van der Waals surface area contributed by atoms with Gasteiger partial charge in [0.25, 0.3) is 0 Å². The number of allylic oxidation sites excluding steroid dienone is 2. The highest BCUT2D eigenvalue weighted by Gasteiger charge is 2.41. The zero-order chi connectivity index (χ0) is 12.6. The fourth-order valence-electron chi connectivity index (χ4n) is 2.98. The molecule has 2 rings (SSSR count). The molecule has 1 heterocycles. The molecular formula is C14H22OS2. The Balaban J connectivity index is 2.23. The Morgan fingerprint density at radius 3 is 2.88 bits per heavy atom. The number of aliphatic hydroxyl groups excluding tert-OH is 1. The highest BCUT2D eigenvalue weighted by atomic mass is 32.2. The molecule has 0 fully saturated rings. The average Bonchev–Trinajstić information content (AvgIpc) is 2.54. The van der Waals surface area contributed by atoms with E-state index >= 15 is 0 Å². The van der Waals surface area contributed by atoms with E-state index in [0.717, 1.165) is 18.6 Å². The second-order valence-corrected chi connectivity index (χ2v) is 7.71. The minimum Gasteiger partial charge on any atom is -0.512 e. The van der Waals surface area contributed by atoms with E-state index in [-0.39, 0.29) is 5.92 Å². The molecule has 0 saturated heterocycles. The van der Waals surface area contributed by atoms with Crippen molar-refractivity contribution in [3.05, 3.63) is 22.8 Å². The molecule has 1 aliphatic heterocycles. The van der Waals surface area contributed by atoms with E-state index in [4.69, 9.17) is 0 Å². The molecule has 17 heavy (non-hydrogen) atoms. The maximum Gasteiger partial charge on any atom is 0.0934 e. The highest BCUT2D eigenvalue weighted by Crippen LogP contribution is 2.55. The molecule has 0 spiro atoms. The average molecular weight is 270 g/mol. The van der Waals surface area contributed by atoms with Crippen molar-refractivity contribution in [2.45, 2.75) is 44.8 Å². The van der Waals surface area contributed by atoms with Gasteiger partial charge in [0, 0.05) is 11.2 Å². The van der Waals surface area contributed by atoms with Gasteiger partial charge in [-0.2, -0.15) is 12.6 Å². The molecule has 3 heteroatoms. The minimum atomic E-state index is 0.182. The van der Waals surface area contributed by atoms with Crippen molar-refractivity contribution >= 4 is 24.4 Å². The summed E-state index contributed by atoms with van der Waals surface area (Å²) < 4.78 is 0. The van der Waals surface area contributed by atoms with E-state index in [9.17, 15) is 5.11 Å². The molecule has 0 aromatic heterocycles. The van der Waals surface area contributed by atoms with Gasteiger partial charge in [-0.1, -0.05) is 20.4 Å². The number of rotatable bonds is 3. The monoisotopic (exact) mass is 270 g/mol. The van der Waals surface area contributed by atoms with Crippen LogP contribution in [0.4, 0.5) is 0 Å². The van der Waals surface area contributed by atoms with Crippen LogP contribution in [0.5, 0.6) is 0 Å². The molecule has 2 atom stereocenters. The summed E-state index contributed by atoms with van der Waals surface area (Å²) in [7, 11) is 0. The molecule has 2 unspecified atom stereocenters. The number of thioether (sulfide) groups is 1. The van der Waals surface area contributed by atoms with Crippen molar-refractivity contribution in [3.8, 4) is 0 Å². The van der Waals surface area contributed by atoms with Gasteiger partial charge in [0.2, 0.25) is 0 Å². The zero-order valence-electron chi connectivity index (χ0n) is 10.7. The zero-order valence-corrected chi connectivity index (χ0v) is 12.4. The Bertz CT molecular complexity index is 357. The smallest absolute Gasteiger partial charge is 0.0934 e. The summed E-state index contributed by atoms with van der Waals surface area (Å²) in [5, 5.41) is 10.4. The molecule has 1 N–H and O–H groups in total. The second-order valence-electron chi connectivity index (χ2n) is 5.93. The van der Waals surface area contributed by atoms with Crippen molar-refractivity contribution in [2.75, 3.05) is 5.75 Å². The van der Waals surface area contributed by atoms with Gasteiger partial charge >= 0.3 is 0 Å². The Kier molecular flexibility index (Phi) is 3.89. The lowest BCUT2D eigenvalue weighted by molar-refractivity contribution is 0.287. The standard InChI is InChI=1S/C14H22OS2/c1-9(15)13-10-8-14(2,3)6-4-11(10)17-12(13)5-7-16/h12-13,15-16H,1,4-8H2,2-3H3. The van der Waals surface area contributed by atoms with Crippen LogP contribution >= 0.6 is 24.4 Å². The Hall–Kier alpha value is -0.0200. The number of hydrogen-bond acceptors (Lipinski definition) is 3. The Morgan fingerprint density at radius 1 is 1.59 bits per heavy atom. The van der Waals surface area contributed by atoms with Crippen molar-refractivity contribution in [1.82, 2.24) is 0 Å². The molecule has 1 aliphatic carbocycles. The first-order chi connectivity index (χ1) is 7.94. The third kappa shape index (κ3) is 2.70. The molecule has 0 bridgehead atoms. The minimum absolute atomic E-state index is 0.182. The summed E-state index contributed by atoms with van der Waals surface area (Å²) in [5.74, 6) is 1.42. The van der Waals surface area contributed by atoms with E-state index in [1.165, 1.54) is 23.3 Å². The molecule has 1 nitrogen and oxygen atoms in total. The van der Waals surface area contributed by atoms with E-state index in [1.807, 2.05) is 11.8 Å². The van der Waals surface area contributed by atoms with Crippen LogP contribution in [0.15, 0.2) is 22.8 Å². The van der Waals surface area contributed by atoms with Crippen molar-refractivity contribution in [2.24, 2.45) is 11.3 Å². The first-order valence-electron chi connectivity index (χ1n) is 6.32. The fourth-order valence-corrected chi connectivity index (χ4v) is 5.06. The van der Waals surface area contributed by atoms with Gasteiger partial charge in [-0.3, -0.25) is 0 Å². The van der Waals surface area contributed by atoms with E-state index in [2.05, 4.69) is 33.1 Å². The third-order valence-electron chi connectivity index (χ3n) is 3.87. The molecule has 0 aromatic rings. The highest BCUT2D eigenvalue weighted by molar-refractivity contribution is 8.04. The van der Waals surface area contributed by atoms with Crippen LogP contribution in [0.2, 0.25) is 0 Å². The first kappa shape index (κ1) is 13.4. The van der Waals surface area contributed by atoms with Gasteiger partial charge in [-0.05, 0) is 47.3 Å². The van der Waals surface area contributed by atoms with Gasteiger partial charge < -0.3 is 5.11 Å². The predicted octanol–water partition coefficient (Wildman–Crippen LogP) is 4.57. The number of aliphatic hydroxyl groups is 1. The third-order valence-corrected chi connectivity index (χ3v) is 5.69. The van der Waals surface area contributed by atoms with Crippen molar-refractivity contribution < 1.29 is 5.11 Å². The lowest BCUT2D eigenvalue weighted by atomic mass is 9.73. The number of thiol groups is 1. The molecular weight excluding hydrogens is 248 g/mol. The summed E-state index contributed by atoms with van der Waals surface area (Å²) in [5.41, 5.74) is 1.84. The van der Waals surface area contributed by atoms with Crippen LogP contribution in [0.1, 0.15) is 39.5 Å². The molecule has 0 aromatic carbocycles. The van der Waals surface area contributed by atoms with Crippen LogP contribution in [-0.2, 0) is 0 Å². The van der Waals surface area contributed by atoms with Crippen LogP contribution in [0.3, 0.4) is 0 Å². The first-order valence-corrected chi connectivity index (χ1v) is 7.83. The topological polar surface area (TPSA) is 20.2 Å². The second kappa shape index (κ2) is 4.93. The van der Waals surface area contributed by atoms with Crippen LogP contribution in [0, 0.1) is 11.3 Å². The summed E-state index contributed by atoms with van der Waals surface area (Å²) in [6, 6.07) is 0. The molecule has 0 amide bonds. The van der Waals surface area contributed by atoms with Gasteiger partial charge in [0.1, 0.15) is 0 Å². The lowest BCUT2D eigenvalue weighted by Crippen LogP contribution is -2.23. The largest absolute Gasteiger partial charge is 0.512 e.